The van der Waals surface area contributed by atoms with E-state index in [9.17, 15) is 9.18 Å². The van der Waals surface area contributed by atoms with E-state index in [0.29, 0.717) is 16.9 Å². The average molecular weight is 323 g/mol. The molecule has 0 radical (unpaired) electrons. The third-order valence-electron chi connectivity index (χ3n) is 3.65. The van der Waals surface area contributed by atoms with Gasteiger partial charge in [0.05, 0.1) is 13.3 Å². The lowest BCUT2D eigenvalue weighted by molar-refractivity contribution is 0.0593. The van der Waals surface area contributed by atoms with Gasteiger partial charge in [-0.1, -0.05) is 5.92 Å². The summed E-state index contributed by atoms with van der Waals surface area (Å²) in [6.07, 6.45) is 3.09. The minimum absolute atomic E-state index is 0.0945. The van der Waals surface area contributed by atoms with E-state index < -0.39 is 11.8 Å². The molecule has 5 nitrogen and oxygen atoms in total. The number of halogens is 1. The number of esters is 1. The van der Waals surface area contributed by atoms with Crippen molar-refractivity contribution in [2.24, 2.45) is 0 Å². The van der Waals surface area contributed by atoms with Crippen LogP contribution in [0.1, 0.15) is 33.0 Å². The van der Waals surface area contributed by atoms with Crippen LogP contribution in [0.3, 0.4) is 0 Å². The summed E-state index contributed by atoms with van der Waals surface area (Å²) in [5.41, 5.74) is 3.10. The van der Waals surface area contributed by atoms with E-state index in [1.807, 2.05) is 0 Å². The molecule has 0 N–H and O–H groups in total. The van der Waals surface area contributed by atoms with Gasteiger partial charge in [-0.2, -0.15) is 0 Å². The lowest BCUT2D eigenvalue weighted by atomic mass is 10.2. The van der Waals surface area contributed by atoms with Gasteiger partial charge in [0.25, 0.3) is 0 Å². The quantitative estimate of drug-likeness (QED) is 0.510. The first-order chi connectivity index (χ1) is 11.5. The molecule has 0 saturated carbocycles. The molecule has 0 aliphatic heterocycles. The second-order valence-electron chi connectivity index (χ2n) is 5.25. The van der Waals surface area contributed by atoms with Crippen molar-refractivity contribution in [1.29, 1.82) is 0 Å². The molecule has 0 atom stereocenters. The first-order valence-electron chi connectivity index (χ1n) is 7.21. The van der Waals surface area contributed by atoms with Crippen molar-refractivity contribution in [2.45, 2.75) is 13.8 Å². The Balaban J connectivity index is 2.03. The molecule has 0 unspecified atom stereocenters. The summed E-state index contributed by atoms with van der Waals surface area (Å²) < 4.78 is 20.2. The van der Waals surface area contributed by atoms with Gasteiger partial charge in [0.2, 0.25) is 0 Å². The molecule has 24 heavy (non-hydrogen) atoms. The lowest BCUT2D eigenvalue weighted by Crippen LogP contribution is -2.05. The van der Waals surface area contributed by atoms with E-state index >= 15 is 0 Å². The second-order valence-corrected chi connectivity index (χ2v) is 5.25. The van der Waals surface area contributed by atoms with Crippen LogP contribution in [-0.2, 0) is 4.74 Å². The average Bonchev–Trinajstić information content (AvgIpc) is 2.99. The largest absolute Gasteiger partial charge is 0.464 e. The lowest BCUT2D eigenvalue weighted by Gasteiger charge is -2.01. The Bertz CT molecular complexity index is 1010. The highest BCUT2D eigenvalue weighted by atomic mass is 19.1. The fraction of sp³-hybridized carbons (Fsp3) is 0.167. The molecule has 0 bridgehead atoms. The smallest absolute Gasteiger partial charge is 0.356 e. The maximum Gasteiger partial charge on any atom is 0.356 e. The Kier molecular flexibility index (Phi) is 4.00. The number of imidazole rings is 1. The van der Waals surface area contributed by atoms with Crippen LogP contribution >= 0.6 is 0 Å². The van der Waals surface area contributed by atoms with Crippen LogP contribution in [0, 0.1) is 31.5 Å². The number of fused-ring (bicyclic) bond motifs is 1. The first-order valence-corrected chi connectivity index (χ1v) is 7.21. The molecular weight excluding hydrogens is 309 g/mol. The van der Waals surface area contributed by atoms with Crippen molar-refractivity contribution >= 4 is 11.6 Å². The number of pyridine rings is 2. The minimum Gasteiger partial charge on any atom is -0.464 e. The fourth-order valence-corrected chi connectivity index (χ4v) is 2.20. The van der Waals surface area contributed by atoms with Crippen LogP contribution in [0.25, 0.3) is 5.65 Å². The van der Waals surface area contributed by atoms with Crippen LogP contribution in [0.4, 0.5) is 4.39 Å². The van der Waals surface area contributed by atoms with E-state index in [1.165, 1.54) is 19.4 Å². The molecule has 0 saturated heterocycles. The Labute approximate surface area is 138 Å². The first kappa shape index (κ1) is 15.7. The van der Waals surface area contributed by atoms with Gasteiger partial charge >= 0.3 is 5.97 Å². The van der Waals surface area contributed by atoms with E-state index in [2.05, 4.69) is 21.8 Å². The number of aryl methyl sites for hydroxylation is 2. The van der Waals surface area contributed by atoms with Gasteiger partial charge in [-0.3, -0.25) is 4.40 Å². The minimum atomic E-state index is -0.491. The summed E-state index contributed by atoms with van der Waals surface area (Å²) in [6.45, 7) is 3.60. The Hall–Kier alpha value is -3.20. The monoisotopic (exact) mass is 323 g/mol. The molecule has 3 aromatic heterocycles. The summed E-state index contributed by atoms with van der Waals surface area (Å²) in [5, 5.41) is 0. The molecule has 3 aromatic rings. The van der Waals surface area contributed by atoms with Crippen molar-refractivity contribution in [3.63, 3.8) is 0 Å². The zero-order chi connectivity index (χ0) is 17.3. The number of rotatable bonds is 1. The van der Waals surface area contributed by atoms with Gasteiger partial charge in [-0.25, -0.2) is 19.2 Å². The van der Waals surface area contributed by atoms with Gasteiger partial charge in [-0.05, 0) is 43.5 Å². The highest BCUT2D eigenvalue weighted by molar-refractivity contribution is 5.88. The molecule has 0 spiro atoms. The summed E-state index contributed by atoms with van der Waals surface area (Å²) in [7, 11) is 1.31. The summed E-state index contributed by atoms with van der Waals surface area (Å²) >= 11 is 0. The highest BCUT2D eigenvalue weighted by Gasteiger charge is 2.12. The molecule has 0 aromatic carbocycles. The molecule has 0 aliphatic rings. The molecule has 0 fully saturated rings. The number of ether oxygens (including phenoxy) is 1. The number of nitrogens with zero attached hydrogens (tertiary/aromatic N) is 3. The van der Waals surface area contributed by atoms with Gasteiger partial charge in [0, 0.05) is 17.5 Å². The van der Waals surface area contributed by atoms with Crippen molar-refractivity contribution in [2.75, 3.05) is 7.11 Å². The Morgan fingerprint density at radius 1 is 1.29 bits per heavy atom. The van der Waals surface area contributed by atoms with Crippen molar-refractivity contribution in [1.82, 2.24) is 14.4 Å². The highest BCUT2D eigenvalue weighted by Crippen LogP contribution is 2.12. The van der Waals surface area contributed by atoms with Crippen LogP contribution in [0.5, 0.6) is 0 Å². The second kappa shape index (κ2) is 6.13. The van der Waals surface area contributed by atoms with Crippen LogP contribution in [0.2, 0.25) is 0 Å². The standard InChI is InChI=1S/C18H14FN3O2/c1-11-8-14(19)15(21-12(11)2)6-4-13-5-7-17-20-9-16(18(23)24-3)22(17)10-13/h5,7-10H,1-3H3. The molecule has 120 valence electrons. The maximum absolute atomic E-state index is 13.9. The van der Waals surface area contributed by atoms with E-state index in [-0.39, 0.29) is 5.69 Å². The number of aromatic nitrogens is 3. The Morgan fingerprint density at radius 3 is 2.83 bits per heavy atom. The topological polar surface area (TPSA) is 56.5 Å². The van der Waals surface area contributed by atoms with Crippen LogP contribution in [-0.4, -0.2) is 27.4 Å². The zero-order valence-corrected chi connectivity index (χ0v) is 13.4. The fourth-order valence-electron chi connectivity index (χ4n) is 2.20. The van der Waals surface area contributed by atoms with Crippen molar-refractivity contribution in [3.8, 4) is 11.8 Å². The molecule has 0 aliphatic carbocycles. The normalized spacial score (nSPS) is 10.3. The number of carbonyl (C=O) groups excluding carboxylic acids is 1. The van der Waals surface area contributed by atoms with Gasteiger partial charge in [-0.15, -0.1) is 0 Å². The maximum atomic E-state index is 13.9. The van der Waals surface area contributed by atoms with E-state index in [1.54, 1.807) is 36.6 Å². The SMILES string of the molecule is COC(=O)c1cnc2ccc(C#Cc3nc(C)c(C)cc3F)cn12. The van der Waals surface area contributed by atoms with Gasteiger partial charge in [0.15, 0.2) is 11.5 Å². The van der Waals surface area contributed by atoms with E-state index in [4.69, 9.17) is 4.74 Å². The molecule has 0 amide bonds. The van der Waals surface area contributed by atoms with E-state index in [0.717, 1.165) is 11.3 Å². The Morgan fingerprint density at radius 2 is 2.08 bits per heavy atom. The molecule has 6 heteroatoms. The number of methoxy groups -OCH3 is 1. The van der Waals surface area contributed by atoms with Crippen molar-refractivity contribution in [3.05, 3.63) is 64.6 Å². The molecule has 3 heterocycles. The molecule has 3 rings (SSSR count). The summed E-state index contributed by atoms with van der Waals surface area (Å²) in [4.78, 5) is 20.0. The number of hydrogen-bond acceptors (Lipinski definition) is 4. The zero-order valence-electron chi connectivity index (χ0n) is 13.4. The van der Waals surface area contributed by atoms with Crippen LogP contribution in [0.15, 0.2) is 30.6 Å². The number of carbonyl (C=O) groups is 1. The van der Waals surface area contributed by atoms with Crippen molar-refractivity contribution < 1.29 is 13.9 Å². The van der Waals surface area contributed by atoms with Gasteiger partial charge < -0.3 is 4.74 Å². The van der Waals surface area contributed by atoms with Gasteiger partial charge in [0.1, 0.15) is 11.3 Å². The third kappa shape index (κ3) is 2.84. The predicted molar refractivity (Wildman–Crippen MR) is 86.2 cm³/mol. The summed E-state index contributed by atoms with van der Waals surface area (Å²) in [6, 6.07) is 4.89. The van der Waals surface area contributed by atoms with Crippen LogP contribution < -0.4 is 0 Å². The summed E-state index contributed by atoms with van der Waals surface area (Å²) in [5.74, 6) is 4.65. The molecular formula is C18H14FN3O2. The predicted octanol–water partition coefficient (Wildman–Crippen LogP) is 2.67. The third-order valence-corrected chi connectivity index (χ3v) is 3.65. The number of hydrogen-bond donors (Lipinski definition) is 0.